The number of aromatic amines is 1. The van der Waals surface area contributed by atoms with Crippen molar-refractivity contribution in [1.29, 1.82) is 0 Å². The summed E-state index contributed by atoms with van der Waals surface area (Å²) in [5.74, 6) is -0.216. The first-order chi connectivity index (χ1) is 9.47. The lowest BCUT2D eigenvalue weighted by Gasteiger charge is -2.07. The molecule has 1 aromatic carbocycles. The Morgan fingerprint density at radius 3 is 2.80 bits per heavy atom. The summed E-state index contributed by atoms with van der Waals surface area (Å²) in [7, 11) is 0. The van der Waals surface area contributed by atoms with Crippen LogP contribution in [0.15, 0.2) is 35.1 Å². The molecule has 2 aromatic rings. The maximum absolute atomic E-state index is 12.2. The van der Waals surface area contributed by atoms with E-state index < -0.39 is 4.33 Å². The Kier molecular flexibility index (Phi) is 3.22. The lowest BCUT2D eigenvalue weighted by molar-refractivity contribution is 0.0953. The number of aromatic nitrogens is 1. The van der Waals surface area contributed by atoms with E-state index in [1.165, 1.54) is 6.07 Å². The van der Waals surface area contributed by atoms with E-state index in [2.05, 4.69) is 10.3 Å². The number of rotatable bonds is 3. The molecule has 2 N–H and O–H groups in total. The highest BCUT2D eigenvalue weighted by Gasteiger charge is 2.51. The Hall–Kier alpha value is -1.52. The van der Waals surface area contributed by atoms with Gasteiger partial charge in [-0.05, 0) is 12.5 Å². The van der Waals surface area contributed by atoms with Gasteiger partial charge >= 0.3 is 0 Å². The van der Waals surface area contributed by atoms with Gasteiger partial charge in [-0.2, -0.15) is 0 Å². The first kappa shape index (κ1) is 13.5. The third-order valence-electron chi connectivity index (χ3n) is 3.46. The lowest BCUT2D eigenvalue weighted by atomic mass is 10.1. The van der Waals surface area contributed by atoms with Crippen molar-refractivity contribution < 1.29 is 4.79 Å². The van der Waals surface area contributed by atoms with Crippen molar-refractivity contribution in [3.05, 3.63) is 46.2 Å². The van der Waals surface area contributed by atoms with Gasteiger partial charge in [-0.3, -0.25) is 9.59 Å². The van der Waals surface area contributed by atoms with E-state index in [0.29, 0.717) is 29.4 Å². The van der Waals surface area contributed by atoms with Gasteiger partial charge in [0.05, 0.1) is 5.56 Å². The number of halogens is 2. The summed E-state index contributed by atoms with van der Waals surface area (Å²) < 4.78 is -0.719. The van der Waals surface area contributed by atoms with Gasteiger partial charge in [-0.25, -0.2) is 0 Å². The third kappa shape index (κ3) is 2.53. The Morgan fingerprint density at radius 2 is 2.10 bits per heavy atom. The van der Waals surface area contributed by atoms with Crippen molar-refractivity contribution in [1.82, 2.24) is 10.3 Å². The van der Waals surface area contributed by atoms with Gasteiger partial charge < -0.3 is 10.3 Å². The third-order valence-corrected chi connectivity index (χ3v) is 4.39. The van der Waals surface area contributed by atoms with Crippen molar-refractivity contribution in [2.75, 3.05) is 6.54 Å². The summed E-state index contributed by atoms with van der Waals surface area (Å²) in [5.41, 5.74) is 0.699. The molecule has 0 spiro atoms. The zero-order chi connectivity index (χ0) is 14.3. The molecule has 3 rings (SSSR count). The van der Waals surface area contributed by atoms with Crippen molar-refractivity contribution >= 4 is 40.0 Å². The number of benzene rings is 1. The number of nitrogens with one attached hydrogen (secondary N) is 2. The number of hydrogen-bond donors (Lipinski definition) is 2. The molecule has 0 aliphatic heterocycles. The summed E-state index contributed by atoms with van der Waals surface area (Å²) >= 11 is 11.8. The van der Waals surface area contributed by atoms with Crippen LogP contribution in [0.4, 0.5) is 0 Å². The number of fused-ring (bicyclic) bond motifs is 1. The van der Waals surface area contributed by atoms with Crippen molar-refractivity contribution in [2.45, 2.75) is 10.8 Å². The number of carbonyl (C=O) groups excluding carboxylic acids is 1. The average molecular weight is 311 g/mol. The summed E-state index contributed by atoms with van der Waals surface area (Å²) in [6, 6.07) is 8.49. The number of para-hydroxylation sites is 1. The quantitative estimate of drug-likeness (QED) is 0.855. The van der Waals surface area contributed by atoms with Gasteiger partial charge in [0.15, 0.2) is 0 Å². The van der Waals surface area contributed by atoms with Crippen LogP contribution in [-0.4, -0.2) is 21.8 Å². The normalized spacial score (nSPS) is 19.8. The van der Waals surface area contributed by atoms with Crippen molar-refractivity contribution in [3.8, 4) is 0 Å². The first-order valence-electron chi connectivity index (χ1n) is 6.25. The summed E-state index contributed by atoms with van der Waals surface area (Å²) in [4.78, 5) is 26.5. The first-order valence-corrected chi connectivity index (χ1v) is 7.01. The molecule has 0 saturated heterocycles. The highest BCUT2D eigenvalue weighted by atomic mass is 35.5. The largest absolute Gasteiger partial charge is 0.352 e. The van der Waals surface area contributed by atoms with Crippen LogP contribution in [0.2, 0.25) is 0 Å². The van der Waals surface area contributed by atoms with Crippen LogP contribution < -0.4 is 10.9 Å². The van der Waals surface area contributed by atoms with Crippen molar-refractivity contribution in [2.24, 2.45) is 5.92 Å². The Balaban J connectivity index is 1.86. The smallest absolute Gasteiger partial charge is 0.252 e. The molecule has 1 amide bonds. The molecule has 104 valence electrons. The molecule has 0 bridgehead atoms. The highest BCUT2D eigenvalue weighted by molar-refractivity contribution is 6.50. The van der Waals surface area contributed by atoms with E-state index in [1.807, 2.05) is 6.07 Å². The fourth-order valence-electron chi connectivity index (χ4n) is 2.19. The Bertz CT molecular complexity index is 739. The minimum atomic E-state index is -0.719. The number of pyridine rings is 1. The standard InChI is InChI=1S/C14H12Cl2N2O2/c15-14(16)6-8(14)7-17-13(20)10-5-12(19)18-11-4-2-1-3-9(10)11/h1-5,8H,6-7H2,(H,17,20)(H,18,19)/t8-/m0/s1. The van der Waals surface area contributed by atoms with Gasteiger partial charge in [0.25, 0.3) is 5.91 Å². The van der Waals surface area contributed by atoms with Gasteiger partial charge in [0.2, 0.25) is 5.56 Å². The second-order valence-corrected chi connectivity index (χ2v) is 6.51. The number of amides is 1. The Labute approximate surface area is 125 Å². The molecule has 1 saturated carbocycles. The van der Waals surface area contributed by atoms with E-state index >= 15 is 0 Å². The van der Waals surface area contributed by atoms with Crippen LogP contribution in [0.25, 0.3) is 10.9 Å². The molecule has 1 heterocycles. The zero-order valence-corrected chi connectivity index (χ0v) is 12.0. The van der Waals surface area contributed by atoms with Gasteiger partial charge in [0.1, 0.15) is 4.33 Å². The number of carbonyl (C=O) groups is 1. The molecule has 1 aromatic heterocycles. The average Bonchev–Trinajstić information content (AvgIpc) is 3.02. The summed E-state index contributed by atoms with van der Waals surface area (Å²) in [5, 5.41) is 3.49. The van der Waals surface area contributed by atoms with E-state index in [4.69, 9.17) is 23.2 Å². The monoisotopic (exact) mass is 310 g/mol. The van der Waals surface area contributed by atoms with Crippen molar-refractivity contribution in [3.63, 3.8) is 0 Å². The highest BCUT2D eigenvalue weighted by Crippen LogP contribution is 2.52. The molecule has 1 aliphatic carbocycles. The van der Waals surface area contributed by atoms with Gasteiger partial charge in [-0.15, -0.1) is 23.2 Å². The maximum atomic E-state index is 12.2. The molecule has 0 unspecified atom stereocenters. The fraction of sp³-hybridized carbons (Fsp3) is 0.286. The predicted molar refractivity (Wildman–Crippen MR) is 79.4 cm³/mol. The van der Waals surface area contributed by atoms with Crippen LogP contribution in [-0.2, 0) is 0 Å². The summed E-state index contributed by atoms with van der Waals surface area (Å²) in [6.07, 6.45) is 0.673. The fourth-order valence-corrected chi connectivity index (χ4v) is 2.72. The molecule has 6 heteroatoms. The minimum absolute atomic E-state index is 0.0723. The maximum Gasteiger partial charge on any atom is 0.252 e. The topological polar surface area (TPSA) is 62.0 Å². The second-order valence-electron chi connectivity index (χ2n) is 4.96. The molecule has 1 fully saturated rings. The number of alkyl halides is 2. The molecule has 1 aliphatic rings. The molecule has 1 atom stereocenters. The molecule has 0 radical (unpaired) electrons. The van der Waals surface area contributed by atoms with Gasteiger partial charge in [-0.1, -0.05) is 18.2 Å². The van der Waals surface area contributed by atoms with Crippen LogP contribution in [0.1, 0.15) is 16.8 Å². The minimum Gasteiger partial charge on any atom is -0.352 e. The molecule has 4 nitrogen and oxygen atoms in total. The van der Waals surface area contributed by atoms with E-state index in [9.17, 15) is 9.59 Å². The zero-order valence-electron chi connectivity index (χ0n) is 10.5. The number of hydrogen-bond acceptors (Lipinski definition) is 2. The second kappa shape index (κ2) is 4.79. The molecule has 20 heavy (non-hydrogen) atoms. The van der Waals surface area contributed by atoms with Crippen LogP contribution in [0.5, 0.6) is 0 Å². The SMILES string of the molecule is O=C(NC[C@@H]1CC1(Cl)Cl)c1cc(=O)[nH]c2ccccc12. The number of H-pyrrole nitrogens is 1. The van der Waals surface area contributed by atoms with E-state index in [-0.39, 0.29) is 17.4 Å². The van der Waals surface area contributed by atoms with Crippen LogP contribution in [0, 0.1) is 5.92 Å². The predicted octanol–water partition coefficient (Wildman–Crippen LogP) is 2.45. The molecular weight excluding hydrogens is 299 g/mol. The van der Waals surface area contributed by atoms with E-state index in [1.54, 1.807) is 18.2 Å². The lowest BCUT2D eigenvalue weighted by Crippen LogP contribution is -2.28. The van der Waals surface area contributed by atoms with Crippen LogP contribution in [0.3, 0.4) is 0 Å². The van der Waals surface area contributed by atoms with E-state index in [0.717, 1.165) is 0 Å². The van der Waals surface area contributed by atoms with Crippen LogP contribution >= 0.6 is 23.2 Å². The Morgan fingerprint density at radius 1 is 1.40 bits per heavy atom. The van der Waals surface area contributed by atoms with Gasteiger partial charge in [0, 0.05) is 29.4 Å². The molecular formula is C14H12Cl2N2O2. The summed E-state index contributed by atoms with van der Waals surface area (Å²) in [6.45, 7) is 0.410.